The van der Waals surface area contributed by atoms with Crippen LogP contribution < -0.4 is 5.32 Å². The summed E-state index contributed by atoms with van der Waals surface area (Å²) in [6.07, 6.45) is -0.433. The molecule has 1 aromatic heterocycles. The highest BCUT2D eigenvalue weighted by Crippen LogP contribution is 2.22. The van der Waals surface area contributed by atoms with Gasteiger partial charge in [-0.25, -0.2) is 4.79 Å². The summed E-state index contributed by atoms with van der Waals surface area (Å²) in [5.74, 6) is 0. The second-order valence-corrected chi connectivity index (χ2v) is 3.93. The lowest BCUT2D eigenvalue weighted by Crippen LogP contribution is -2.14. The maximum atomic E-state index is 11.3. The van der Waals surface area contributed by atoms with Gasteiger partial charge >= 0.3 is 6.09 Å². The molecular weight excluding hydrogens is 206 g/mol. The van der Waals surface area contributed by atoms with E-state index in [0.717, 1.165) is 17.1 Å². The van der Waals surface area contributed by atoms with E-state index in [2.05, 4.69) is 10.4 Å². The van der Waals surface area contributed by atoms with E-state index in [1.807, 2.05) is 32.4 Å². The Hall–Kier alpha value is -1.52. The molecule has 1 amide bonds. The van der Waals surface area contributed by atoms with Gasteiger partial charge in [-0.1, -0.05) is 0 Å². The molecule has 0 atom stereocenters. The Bertz CT molecular complexity index is 383. The van der Waals surface area contributed by atoms with Gasteiger partial charge in [0.05, 0.1) is 23.7 Å². The number of rotatable bonds is 3. The Balaban J connectivity index is 2.92. The third-order valence-corrected chi connectivity index (χ3v) is 2.32. The van der Waals surface area contributed by atoms with Crippen molar-refractivity contribution in [3.05, 3.63) is 11.4 Å². The first-order chi connectivity index (χ1) is 7.47. The van der Waals surface area contributed by atoms with Crippen molar-refractivity contribution < 1.29 is 9.53 Å². The van der Waals surface area contributed by atoms with Crippen LogP contribution in [-0.2, 0) is 4.74 Å². The fourth-order valence-electron chi connectivity index (χ4n) is 1.62. The Morgan fingerprint density at radius 1 is 1.50 bits per heavy atom. The maximum Gasteiger partial charge on any atom is 0.411 e. The van der Waals surface area contributed by atoms with Gasteiger partial charge < -0.3 is 4.74 Å². The van der Waals surface area contributed by atoms with Crippen LogP contribution in [0.4, 0.5) is 10.5 Å². The van der Waals surface area contributed by atoms with Crippen LogP contribution in [0.2, 0.25) is 0 Å². The lowest BCUT2D eigenvalue weighted by atomic mass is 10.3. The van der Waals surface area contributed by atoms with Crippen LogP contribution in [0, 0.1) is 13.8 Å². The lowest BCUT2D eigenvalue weighted by molar-refractivity contribution is 0.168. The van der Waals surface area contributed by atoms with Crippen molar-refractivity contribution in [2.45, 2.75) is 40.7 Å². The van der Waals surface area contributed by atoms with Crippen molar-refractivity contribution in [2.75, 3.05) is 11.9 Å². The van der Waals surface area contributed by atoms with Crippen molar-refractivity contribution in [2.24, 2.45) is 0 Å². The third-order valence-electron chi connectivity index (χ3n) is 2.32. The molecule has 0 spiro atoms. The van der Waals surface area contributed by atoms with Gasteiger partial charge in [-0.05, 0) is 34.6 Å². The van der Waals surface area contributed by atoms with Crippen LogP contribution in [0.3, 0.4) is 0 Å². The molecule has 0 fully saturated rings. The second kappa shape index (κ2) is 5.01. The molecule has 0 aromatic carbocycles. The Morgan fingerprint density at radius 2 is 2.12 bits per heavy atom. The van der Waals surface area contributed by atoms with Crippen LogP contribution >= 0.6 is 0 Å². The minimum absolute atomic E-state index is 0.274. The minimum Gasteiger partial charge on any atom is -0.450 e. The number of hydrogen-bond acceptors (Lipinski definition) is 3. The van der Waals surface area contributed by atoms with Gasteiger partial charge in [-0.2, -0.15) is 5.10 Å². The number of nitrogens with one attached hydrogen (secondary N) is 1. The summed E-state index contributed by atoms with van der Waals surface area (Å²) >= 11 is 0. The molecule has 0 aliphatic rings. The van der Waals surface area contributed by atoms with Crippen LogP contribution in [0.15, 0.2) is 0 Å². The normalized spacial score (nSPS) is 10.6. The predicted octanol–water partition coefficient (Wildman–Crippen LogP) is 2.65. The molecule has 16 heavy (non-hydrogen) atoms. The zero-order valence-corrected chi connectivity index (χ0v) is 10.5. The molecule has 1 rings (SSSR count). The molecule has 5 heteroatoms. The zero-order valence-electron chi connectivity index (χ0n) is 10.5. The van der Waals surface area contributed by atoms with E-state index < -0.39 is 6.09 Å². The fraction of sp³-hybridized carbons (Fsp3) is 0.636. The molecule has 0 aliphatic heterocycles. The second-order valence-electron chi connectivity index (χ2n) is 3.93. The molecule has 0 bridgehead atoms. The first-order valence-corrected chi connectivity index (χ1v) is 5.46. The van der Waals surface area contributed by atoms with Crippen molar-refractivity contribution in [1.29, 1.82) is 0 Å². The molecule has 0 unspecified atom stereocenters. The van der Waals surface area contributed by atoms with Gasteiger partial charge in [0, 0.05) is 6.04 Å². The van der Waals surface area contributed by atoms with E-state index in [1.54, 1.807) is 6.92 Å². The van der Waals surface area contributed by atoms with Gasteiger partial charge in [0.25, 0.3) is 0 Å². The zero-order chi connectivity index (χ0) is 12.3. The monoisotopic (exact) mass is 225 g/mol. The molecule has 0 saturated carbocycles. The van der Waals surface area contributed by atoms with Gasteiger partial charge in [-0.15, -0.1) is 0 Å². The van der Waals surface area contributed by atoms with E-state index >= 15 is 0 Å². The van der Waals surface area contributed by atoms with Gasteiger partial charge in [0.15, 0.2) is 0 Å². The molecule has 1 aromatic rings. The van der Waals surface area contributed by atoms with Crippen molar-refractivity contribution >= 4 is 11.8 Å². The van der Waals surface area contributed by atoms with Crippen LogP contribution in [0.5, 0.6) is 0 Å². The first kappa shape index (κ1) is 12.5. The average molecular weight is 225 g/mol. The first-order valence-electron chi connectivity index (χ1n) is 5.46. The third kappa shape index (κ3) is 2.53. The van der Waals surface area contributed by atoms with E-state index in [9.17, 15) is 4.79 Å². The summed E-state index contributed by atoms with van der Waals surface area (Å²) in [6, 6.07) is 0.274. The van der Waals surface area contributed by atoms with Crippen LogP contribution in [0.1, 0.15) is 38.2 Å². The molecule has 90 valence electrons. The number of ether oxygens (including phenoxy) is 1. The van der Waals surface area contributed by atoms with Gasteiger partial charge in [-0.3, -0.25) is 10.00 Å². The van der Waals surface area contributed by atoms with Crippen molar-refractivity contribution in [1.82, 2.24) is 9.78 Å². The van der Waals surface area contributed by atoms with E-state index in [0.29, 0.717) is 6.61 Å². The van der Waals surface area contributed by atoms with Gasteiger partial charge in [0.1, 0.15) is 0 Å². The topological polar surface area (TPSA) is 56.1 Å². The average Bonchev–Trinajstić information content (AvgIpc) is 2.46. The van der Waals surface area contributed by atoms with Crippen LogP contribution in [0.25, 0.3) is 0 Å². The molecule has 5 nitrogen and oxygen atoms in total. The summed E-state index contributed by atoms with van der Waals surface area (Å²) in [5.41, 5.74) is 2.49. The summed E-state index contributed by atoms with van der Waals surface area (Å²) in [7, 11) is 0. The standard InChI is InChI=1S/C11H19N3O2/c1-6-16-11(15)12-10-8(4)13-14(7(2)3)9(10)5/h7H,6H2,1-5H3,(H,12,15). The van der Waals surface area contributed by atoms with E-state index in [1.165, 1.54) is 0 Å². The number of amides is 1. The highest BCUT2D eigenvalue weighted by Gasteiger charge is 2.15. The Morgan fingerprint density at radius 3 is 2.56 bits per heavy atom. The van der Waals surface area contributed by atoms with E-state index in [-0.39, 0.29) is 6.04 Å². The SMILES string of the molecule is CCOC(=O)Nc1c(C)nn(C(C)C)c1C. The highest BCUT2D eigenvalue weighted by atomic mass is 16.5. The molecular formula is C11H19N3O2. The van der Waals surface area contributed by atoms with Crippen LogP contribution in [-0.4, -0.2) is 22.5 Å². The van der Waals surface area contributed by atoms with Crippen molar-refractivity contribution in [3.63, 3.8) is 0 Å². The summed E-state index contributed by atoms with van der Waals surface area (Å²) < 4.78 is 6.72. The van der Waals surface area contributed by atoms with E-state index in [4.69, 9.17) is 4.74 Å². The highest BCUT2D eigenvalue weighted by molar-refractivity contribution is 5.86. The molecule has 0 aliphatic carbocycles. The smallest absolute Gasteiger partial charge is 0.411 e. The Labute approximate surface area is 95.8 Å². The minimum atomic E-state index is -0.433. The predicted molar refractivity (Wildman–Crippen MR) is 62.7 cm³/mol. The summed E-state index contributed by atoms with van der Waals surface area (Å²) in [4.78, 5) is 11.3. The number of anilines is 1. The molecule has 1 heterocycles. The number of carbonyl (C=O) groups excluding carboxylic acids is 1. The maximum absolute atomic E-state index is 11.3. The number of hydrogen-bond donors (Lipinski definition) is 1. The van der Waals surface area contributed by atoms with Crippen molar-refractivity contribution in [3.8, 4) is 0 Å². The number of aromatic nitrogens is 2. The van der Waals surface area contributed by atoms with Gasteiger partial charge in [0.2, 0.25) is 0 Å². The largest absolute Gasteiger partial charge is 0.450 e. The number of aryl methyl sites for hydroxylation is 1. The lowest BCUT2D eigenvalue weighted by Gasteiger charge is -2.09. The summed E-state index contributed by atoms with van der Waals surface area (Å²) in [5, 5.41) is 7.08. The number of nitrogens with zero attached hydrogens (tertiary/aromatic N) is 2. The number of carbonyl (C=O) groups is 1. The molecule has 1 N–H and O–H groups in total. The quantitative estimate of drug-likeness (QED) is 0.860. The summed E-state index contributed by atoms with van der Waals surface area (Å²) in [6.45, 7) is 10.0. The Kier molecular flexibility index (Phi) is 3.93. The molecule has 0 saturated heterocycles. The fourth-order valence-corrected chi connectivity index (χ4v) is 1.62. The molecule has 0 radical (unpaired) electrons.